The second-order valence-corrected chi connectivity index (χ2v) is 7.16. The monoisotopic (exact) mass is 379 g/mol. The summed E-state index contributed by atoms with van der Waals surface area (Å²) in [6, 6.07) is 5.08. The number of aromatic nitrogens is 4. The highest BCUT2D eigenvalue weighted by Crippen LogP contribution is 2.30. The van der Waals surface area contributed by atoms with Gasteiger partial charge in [-0.3, -0.25) is 9.97 Å². The Bertz CT molecular complexity index is 978. The maximum atomic E-state index is 5.38. The SMILES string of the molecule is COc1ncc(-c2cnc3cc(CCN4CCC[C@H]4C)cnc3c2)c(OC)n1. The van der Waals surface area contributed by atoms with Crippen LogP contribution in [0.3, 0.4) is 0 Å². The van der Waals surface area contributed by atoms with Gasteiger partial charge in [-0.15, -0.1) is 0 Å². The van der Waals surface area contributed by atoms with Gasteiger partial charge in [-0.25, -0.2) is 4.98 Å². The van der Waals surface area contributed by atoms with Crippen molar-refractivity contribution in [3.8, 4) is 23.0 Å². The molecule has 0 amide bonds. The van der Waals surface area contributed by atoms with Crippen molar-refractivity contribution >= 4 is 11.0 Å². The van der Waals surface area contributed by atoms with Crippen molar-refractivity contribution < 1.29 is 9.47 Å². The Hall–Kier alpha value is -2.80. The summed E-state index contributed by atoms with van der Waals surface area (Å²) in [5.41, 5.74) is 4.57. The lowest BCUT2D eigenvalue weighted by Gasteiger charge is -2.20. The van der Waals surface area contributed by atoms with E-state index in [4.69, 9.17) is 9.47 Å². The van der Waals surface area contributed by atoms with Gasteiger partial charge in [0.15, 0.2) is 0 Å². The number of likely N-dealkylation sites (tertiary alicyclic amines) is 1. The highest BCUT2D eigenvalue weighted by atomic mass is 16.5. The lowest BCUT2D eigenvalue weighted by Crippen LogP contribution is -2.28. The van der Waals surface area contributed by atoms with Crippen LogP contribution < -0.4 is 9.47 Å². The summed E-state index contributed by atoms with van der Waals surface area (Å²) in [6.07, 6.45) is 9.05. The first-order valence-corrected chi connectivity index (χ1v) is 9.62. The number of pyridine rings is 2. The fourth-order valence-electron chi connectivity index (χ4n) is 3.73. The minimum absolute atomic E-state index is 0.268. The predicted molar refractivity (Wildman–Crippen MR) is 108 cm³/mol. The van der Waals surface area contributed by atoms with Crippen LogP contribution in [-0.2, 0) is 6.42 Å². The molecule has 0 saturated carbocycles. The molecule has 1 fully saturated rings. The van der Waals surface area contributed by atoms with Crippen LogP contribution in [0.25, 0.3) is 22.2 Å². The lowest BCUT2D eigenvalue weighted by atomic mass is 10.1. The molecule has 0 radical (unpaired) electrons. The predicted octanol–water partition coefficient (Wildman–Crippen LogP) is 3.13. The number of rotatable bonds is 6. The summed E-state index contributed by atoms with van der Waals surface area (Å²) in [5.74, 6) is 0.448. The van der Waals surface area contributed by atoms with E-state index < -0.39 is 0 Å². The summed E-state index contributed by atoms with van der Waals surface area (Å²) in [6.45, 7) is 4.59. The lowest BCUT2D eigenvalue weighted by molar-refractivity contribution is 0.272. The third kappa shape index (κ3) is 3.75. The average molecular weight is 379 g/mol. The van der Waals surface area contributed by atoms with E-state index >= 15 is 0 Å². The van der Waals surface area contributed by atoms with Gasteiger partial charge >= 0.3 is 6.01 Å². The summed E-state index contributed by atoms with van der Waals surface area (Å²) in [4.78, 5) is 20.2. The molecule has 1 aliphatic heterocycles. The van der Waals surface area contributed by atoms with E-state index in [2.05, 4.69) is 37.8 Å². The summed E-state index contributed by atoms with van der Waals surface area (Å²) < 4.78 is 10.4. The van der Waals surface area contributed by atoms with E-state index in [1.807, 2.05) is 18.5 Å². The fraction of sp³-hybridized carbons (Fsp3) is 0.429. The summed E-state index contributed by atoms with van der Waals surface area (Å²) in [5, 5.41) is 0. The Balaban J connectivity index is 1.57. The smallest absolute Gasteiger partial charge is 0.319 e. The van der Waals surface area contributed by atoms with Gasteiger partial charge in [0.2, 0.25) is 5.88 Å². The first kappa shape index (κ1) is 18.6. The molecule has 146 valence electrons. The van der Waals surface area contributed by atoms with Crippen LogP contribution in [0.4, 0.5) is 0 Å². The van der Waals surface area contributed by atoms with Crippen molar-refractivity contribution in [2.24, 2.45) is 0 Å². The molecular weight excluding hydrogens is 354 g/mol. The van der Waals surface area contributed by atoms with E-state index in [0.717, 1.165) is 35.1 Å². The fourth-order valence-corrected chi connectivity index (χ4v) is 3.73. The standard InChI is InChI=1S/C21H25N5O2/c1-14-5-4-7-26(14)8-6-15-9-18-19(22-11-15)10-16(12-23-18)17-13-24-21(28-3)25-20(17)27-2/h9-14H,4-8H2,1-3H3/t14-/m1/s1. The maximum absolute atomic E-state index is 5.38. The van der Waals surface area contributed by atoms with Crippen LogP contribution >= 0.6 is 0 Å². The van der Waals surface area contributed by atoms with Gasteiger partial charge in [-0.2, -0.15) is 4.98 Å². The van der Waals surface area contributed by atoms with Crippen LogP contribution in [0, 0.1) is 0 Å². The quantitative estimate of drug-likeness (QED) is 0.651. The van der Waals surface area contributed by atoms with Crippen molar-refractivity contribution in [2.75, 3.05) is 27.3 Å². The van der Waals surface area contributed by atoms with Gasteiger partial charge in [-0.1, -0.05) is 0 Å². The second kappa shape index (κ2) is 8.06. The van der Waals surface area contributed by atoms with E-state index in [9.17, 15) is 0 Å². The van der Waals surface area contributed by atoms with Crippen LogP contribution in [0.5, 0.6) is 11.9 Å². The number of fused-ring (bicyclic) bond motifs is 1. The Morgan fingerprint density at radius 2 is 1.86 bits per heavy atom. The zero-order valence-corrected chi connectivity index (χ0v) is 16.6. The highest BCUT2D eigenvalue weighted by molar-refractivity contribution is 5.81. The molecule has 3 aromatic rings. The largest absolute Gasteiger partial charge is 0.480 e. The molecule has 0 unspecified atom stereocenters. The van der Waals surface area contributed by atoms with Crippen molar-refractivity contribution in [1.82, 2.24) is 24.8 Å². The van der Waals surface area contributed by atoms with Crippen molar-refractivity contribution in [1.29, 1.82) is 0 Å². The molecule has 4 rings (SSSR count). The first-order valence-electron chi connectivity index (χ1n) is 9.62. The zero-order valence-electron chi connectivity index (χ0n) is 16.6. The molecule has 0 spiro atoms. The van der Waals surface area contributed by atoms with Crippen LogP contribution in [0.1, 0.15) is 25.3 Å². The number of methoxy groups -OCH3 is 2. The Kier molecular flexibility index (Phi) is 5.34. The third-order valence-electron chi connectivity index (χ3n) is 5.39. The van der Waals surface area contributed by atoms with Gasteiger partial charge < -0.3 is 14.4 Å². The molecular formula is C21H25N5O2. The highest BCUT2D eigenvalue weighted by Gasteiger charge is 2.19. The van der Waals surface area contributed by atoms with E-state index in [0.29, 0.717) is 11.9 Å². The van der Waals surface area contributed by atoms with Gasteiger partial charge in [0.25, 0.3) is 0 Å². The molecule has 3 aromatic heterocycles. The zero-order chi connectivity index (χ0) is 19.5. The summed E-state index contributed by atoms with van der Waals surface area (Å²) in [7, 11) is 3.10. The van der Waals surface area contributed by atoms with Gasteiger partial charge in [-0.05, 0) is 50.4 Å². The topological polar surface area (TPSA) is 73.3 Å². The van der Waals surface area contributed by atoms with Crippen molar-refractivity contribution in [3.63, 3.8) is 0 Å². The molecule has 1 aliphatic rings. The first-order chi connectivity index (χ1) is 13.7. The van der Waals surface area contributed by atoms with E-state index in [-0.39, 0.29) is 6.01 Å². The van der Waals surface area contributed by atoms with Gasteiger partial charge in [0.05, 0.1) is 30.8 Å². The molecule has 1 atom stereocenters. The van der Waals surface area contributed by atoms with Crippen molar-refractivity contribution in [3.05, 3.63) is 36.3 Å². The van der Waals surface area contributed by atoms with E-state index in [1.54, 1.807) is 13.3 Å². The molecule has 28 heavy (non-hydrogen) atoms. The minimum atomic E-state index is 0.268. The molecule has 0 aliphatic carbocycles. The molecule has 1 saturated heterocycles. The maximum Gasteiger partial charge on any atom is 0.319 e. The Morgan fingerprint density at radius 1 is 1.04 bits per heavy atom. The average Bonchev–Trinajstić information content (AvgIpc) is 3.16. The van der Waals surface area contributed by atoms with Crippen LogP contribution in [0.15, 0.2) is 30.7 Å². The normalized spacial score (nSPS) is 17.2. The Labute approximate surface area is 164 Å². The van der Waals surface area contributed by atoms with Gasteiger partial charge in [0.1, 0.15) is 0 Å². The second-order valence-electron chi connectivity index (χ2n) is 7.16. The molecule has 0 aromatic carbocycles. The molecule has 0 N–H and O–H groups in total. The summed E-state index contributed by atoms with van der Waals surface area (Å²) >= 11 is 0. The number of ether oxygens (including phenoxy) is 2. The Morgan fingerprint density at radius 3 is 2.61 bits per heavy atom. The van der Waals surface area contributed by atoms with Crippen LogP contribution in [0.2, 0.25) is 0 Å². The minimum Gasteiger partial charge on any atom is -0.480 e. The molecule has 7 nitrogen and oxygen atoms in total. The number of nitrogens with zero attached hydrogens (tertiary/aromatic N) is 5. The number of hydrogen-bond donors (Lipinski definition) is 0. The molecule has 7 heteroatoms. The van der Waals surface area contributed by atoms with Gasteiger partial charge in [0, 0.05) is 36.7 Å². The van der Waals surface area contributed by atoms with E-state index in [1.165, 1.54) is 32.1 Å². The number of hydrogen-bond acceptors (Lipinski definition) is 7. The third-order valence-corrected chi connectivity index (χ3v) is 5.39. The van der Waals surface area contributed by atoms with Crippen molar-refractivity contribution in [2.45, 2.75) is 32.2 Å². The molecule has 4 heterocycles. The molecule has 0 bridgehead atoms. The van der Waals surface area contributed by atoms with Crippen LogP contribution in [-0.4, -0.2) is 58.2 Å².